The number of rotatable bonds is 3. The van der Waals surface area contributed by atoms with Crippen molar-refractivity contribution in [2.75, 3.05) is 0 Å². The standard InChI is InChI=1S/C16H15FN2OS/c1-9-12-8-11(17)5-6-13(12)19-15(9)16(20)18-10(2)14-4-3-7-21-14/h3-8,10,19H,1-2H3,(H,18,20). The fourth-order valence-electron chi connectivity index (χ4n) is 2.40. The lowest BCUT2D eigenvalue weighted by Gasteiger charge is -2.11. The van der Waals surface area contributed by atoms with Gasteiger partial charge in [-0.25, -0.2) is 4.39 Å². The van der Waals surface area contributed by atoms with E-state index < -0.39 is 0 Å². The van der Waals surface area contributed by atoms with Gasteiger partial charge in [-0.3, -0.25) is 4.79 Å². The number of carbonyl (C=O) groups is 1. The molecule has 1 unspecified atom stereocenters. The van der Waals surface area contributed by atoms with Gasteiger partial charge in [0.25, 0.3) is 5.91 Å². The third kappa shape index (κ3) is 2.56. The number of aromatic amines is 1. The van der Waals surface area contributed by atoms with Crippen molar-refractivity contribution in [2.24, 2.45) is 0 Å². The molecule has 108 valence electrons. The van der Waals surface area contributed by atoms with Crippen molar-refractivity contribution in [1.29, 1.82) is 0 Å². The second-order valence-electron chi connectivity index (χ2n) is 5.03. The van der Waals surface area contributed by atoms with Crippen LogP contribution in [0.3, 0.4) is 0 Å². The van der Waals surface area contributed by atoms with Crippen LogP contribution in [0.1, 0.15) is 33.9 Å². The van der Waals surface area contributed by atoms with Crippen LogP contribution in [0.4, 0.5) is 4.39 Å². The Morgan fingerprint density at radius 2 is 2.19 bits per heavy atom. The molecule has 0 saturated carbocycles. The van der Waals surface area contributed by atoms with Gasteiger partial charge in [0.15, 0.2) is 0 Å². The lowest BCUT2D eigenvalue weighted by atomic mass is 10.1. The van der Waals surface area contributed by atoms with Gasteiger partial charge in [0.1, 0.15) is 11.5 Å². The van der Waals surface area contributed by atoms with E-state index in [4.69, 9.17) is 0 Å². The fourth-order valence-corrected chi connectivity index (χ4v) is 3.14. The smallest absolute Gasteiger partial charge is 0.268 e. The van der Waals surface area contributed by atoms with E-state index in [-0.39, 0.29) is 17.8 Å². The van der Waals surface area contributed by atoms with Crippen molar-refractivity contribution in [1.82, 2.24) is 10.3 Å². The normalized spacial score (nSPS) is 12.5. The van der Waals surface area contributed by atoms with Crippen molar-refractivity contribution in [3.63, 3.8) is 0 Å². The first kappa shape index (κ1) is 13.8. The monoisotopic (exact) mass is 302 g/mol. The molecule has 0 aliphatic rings. The Bertz CT molecular complexity index is 792. The second-order valence-corrected chi connectivity index (χ2v) is 6.00. The molecule has 1 atom stereocenters. The zero-order valence-electron chi connectivity index (χ0n) is 11.7. The van der Waals surface area contributed by atoms with Gasteiger partial charge in [-0.1, -0.05) is 6.07 Å². The number of amides is 1. The van der Waals surface area contributed by atoms with Crippen molar-refractivity contribution in [3.05, 3.63) is 57.7 Å². The number of fused-ring (bicyclic) bond motifs is 1. The van der Waals surface area contributed by atoms with Gasteiger partial charge >= 0.3 is 0 Å². The molecule has 1 amide bonds. The fraction of sp³-hybridized carbons (Fsp3) is 0.188. The molecule has 0 fully saturated rings. The van der Waals surface area contributed by atoms with E-state index in [0.717, 1.165) is 21.3 Å². The first-order chi connectivity index (χ1) is 10.1. The maximum atomic E-state index is 13.3. The highest BCUT2D eigenvalue weighted by atomic mass is 32.1. The van der Waals surface area contributed by atoms with E-state index in [1.165, 1.54) is 12.1 Å². The highest BCUT2D eigenvalue weighted by Crippen LogP contribution is 2.24. The van der Waals surface area contributed by atoms with Crippen molar-refractivity contribution < 1.29 is 9.18 Å². The molecule has 0 radical (unpaired) electrons. The molecule has 1 aromatic carbocycles. The van der Waals surface area contributed by atoms with Crippen LogP contribution in [0.2, 0.25) is 0 Å². The van der Waals surface area contributed by atoms with Crippen LogP contribution in [0.15, 0.2) is 35.7 Å². The van der Waals surface area contributed by atoms with Gasteiger partial charge in [0, 0.05) is 15.8 Å². The Balaban J connectivity index is 1.89. The highest BCUT2D eigenvalue weighted by Gasteiger charge is 2.17. The highest BCUT2D eigenvalue weighted by molar-refractivity contribution is 7.10. The SMILES string of the molecule is Cc1c(C(=O)NC(C)c2cccs2)[nH]c2ccc(F)cc12. The number of nitrogens with one attached hydrogen (secondary N) is 2. The molecule has 0 saturated heterocycles. The summed E-state index contributed by atoms with van der Waals surface area (Å²) in [4.78, 5) is 16.6. The number of carbonyl (C=O) groups excluding carboxylic acids is 1. The second kappa shape index (κ2) is 5.33. The molecular formula is C16H15FN2OS. The molecular weight excluding hydrogens is 287 g/mol. The summed E-state index contributed by atoms with van der Waals surface area (Å²) < 4.78 is 13.3. The molecule has 3 aromatic rings. The van der Waals surface area contributed by atoms with Gasteiger partial charge < -0.3 is 10.3 Å². The summed E-state index contributed by atoms with van der Waals surface area (Å²) in [5.41, 5.74) is 2.02. The summed E-state index contributed by atoms with van der Waals surface area (Å²) in [6.45, 7) is 3.77. The third-order valence-electron chi connectivity index (χ3n) is 3.56. The summed E-state index contributed by atoms with van der Waals surface area (Å²) >= 11 is 1.60. The Kier molecular flexibility index (Phi) is 3.51. The largest absolute Gasteiger partial charge is 0.350 e. The van der Waals surface area contributed by atoms with Crippen LogP contribution < -0.4 is 5.32 Å². The molecule has 0 aliphatic carbocycles. The lowest BCUT2D eigenvalue weighted by Crippen LogP contribution is -2.26. The van der Waals surface area contributed by atoms with Crippen LogP contribution in [-0.4, -0.2) is 10.9 Å². The number of thiophene rings is 1. The molecule has 2 aromatic heterocycles. The van der Waals surface area contributed by atoms with Crippen molar-refractivity contribution >= 4 is 28.1 Å². The lowest BCUT2D eigenvalue weighted by molar-refractivity contribution is 0.0935. The number of aromatic nitrogens is 1. The molecule has 21 heavy (non-hydrogen) atoms. The maximum Gasteiger partial charge on any atom is 0.268 e. The number of H-pyrrole nitrogens is 1. The van der Waals surface area contributed by atoms with Crippen LogP contribution in [-0.2, 0) is 0 Å². The molecule has 2 heterocycles. The number of benzene rings is 1. The molecule has 5 heteroatoms. The summed E-state index contributed by atoms with van der Waals surface area (Å²) in [7, 11) is 0. The topological polar surface area (TPSA) is 44.9 Å². The van der Waals surface area contributed by atoms with Crippen LogP contribution >= 0.6 is 11.3 Å². The first-order valence-corrected chi connectivity index (χ1v) is 7.56. The summed E-state index contributed by atoms with van der Waals surface area (Å²) in [5.74, 6) is -0.478. The predicted octanol–water partition coefficient (Wildman–Crippen LogP) is 4.17. The van der Waals surface area contributed by atoms with Gasteiger partial charge in [0.2, 0.25) is 0 Å². The van der Waals surface area contributed by atoms with E-state index in [9.17, 15) is 9.18 Å². The van der Waals surface area contributed by atoms with Gasteiger partial charge in [-0.05, 0) is 49.1 Å². The van der Waals surface area contributed by atoms with Gasteiger partial charge in [0.05, 0.1) is 6.04 Å². The average molecular weight is 302 g/mol. The minimum atomic E-state index is -0.302. The number of aryl methyl sites for hydroxylation is 1. The van der Waals surface area contributed by atoms with Crippen LogP contribution in [0.5, 0.6) is 0 Å². The average Bonchev–Trinajstić information content (AvgIpc) is 3.08. The molecule has 3 nitrogen and oxygen atoms in total. The number of hydrogen-bond donors (Lipinski definition) is 2. The Morgan fingerprint density at radius 3 is 2.90 bits per heavy atom. The number of halogens is 1. The van der Waals surface area contributed by atoms with E-state index in [1.54, 1.807) is 17.4 Å². The predicted molar refractivity (Wildman–Crippen MR) is 83.2 cm³/mol. The molecule has 2 N–H and O–H groups in total. The number of hydrogen-bond acceptors (Lipinski definition) is 2. The van der Waals surface area contributed by atoms with Crippen LogP contribution in [0, 0.1) is 12.7 Å². The Hall–Kier alpha value is -2.14. The van der Waals surface area contributed by atoms with E-state index in [1.807, 2.05) is 31.4 Å². The van der Waals surface area contributed by atoms with Gasteiger partial charge in [-0.15, -0.1) is 11.3 Å². The van der Waals surface area contributed by atoms with E-state index in [2.05, 4.69) is 10.3 Å². The summed E-state index contributed by atoms with van der Waals surface area (Å²) in [6.07, 6.45) is 0. The van der Waals surface area contributed by atoms with Crippen molar-refractivity contribution in [3.8, 4) is 0 Å². The molecule has 0 bridgehead atoms. The molecule has 0 aliphatic heterocycles. The summed E-state index contributed by atoms with van der Waals surface area (Å²) in [5, 5.41) is 5.68. The van der Waals surface area contributed by atoms with Gasteiger partial charge in [-0.2, -0.15) is 0 Å². The van der Waals surface area contributed by atoms with E-state index in [0.29, 0.717) is 5.69 Å². The summed E-state index contributed by atoms with van der Waals surface area (Å²) in [6, 6.07) is 8.37. The molecule has 3 rings (SSSR count). The minimum absolute atomic E-state index is 0.0555. The van der Waals surface area contributed by atoms with Crippen molar-refractivity contribution in [2.45, 2.75) is 19.9 Å². The third-order valence-corrected chi connectivity index (χ3v) is 4.62. The quantitative estimate of drug-likeness (QED) is 0.749. The molecule has 0 spiro atoms. The Morgan fingerprint density at radius 1 is 1.38 bits per heavy atom. The first-order valence-electron chi connectivity index (χ1n) is 6.68. The van der Waals surface area contributed by atoms with E-state index >= 15 is 0 Å². The zero-order chi connectivity index (χ0) is 15.0. The Labute approximate surface area is 125 Å². The van der Waals surface area contributed by atoms with Crippen LogP contribution in [0.25, 0.3) is 10.9 Å². The zero-order valence-corrected chi connectivity index (χ0v) is 12.6. The maximum absolute atomic E-state index is 13.3. The minimum Gasteiger partial charge on any atom is -0.350 e.